The van der Waals surface area contributed by atoms with Crippen molar-refractivity contribution in [2.75, 3.05) is 7.11 Å². The average Bonchev–Trinajstić information content (AvgIpc) is 3.46. The molecule has 3 N–H and O–H groups in total. The van der Waals surface area contributed by atoms with Crippen molar-refractivity contribution in [2.45, 2.75) is 149 Å². The highest BCUT2D eigenvalue weighted by Crippen LogP contribution is 2.68. The third-order valence-electron chi connectivity index (χ3n) is 13.8. The van der Waals surface area contributed by atoms with Gasteiger partial charge in [-0.05, 0) is 137 Å². The number of carbonyl (C=O) groups is 4. The molecule has 0 radical (unpaired) electrons. The minimum Gasteiger partial charge on any atom is -0.469 e. The minimum absolute atomic E-state index is 0.0253. The van der Waals surface area contributed by atoms with E-state index >= 15 is 0 Å². The van der Waals surface area contributed by atoms with Crippen LogP contribution in [0.15, 0.2) is 30.3 Å². The lowest BCUT2D eigenvalue weighted by molar-refractivity contribution is -0.170. The normalized spacial score (nSPS) is 33.7. The summed E-state index contributed by atoms with van der Waals surface area (Å²) in [5.41, 5.74) is 0.0765. The lowest BCUT2D eigenvalue weighted by atomic mass is 9.43. The smallest absolute Gasteiger partial charge is 0.408 e. The molecule has 0 saturated heterocycles. The van der Waals surface area contributed by atoms with Crippen molar-refractivity contribution in [1.29, 1.82) is 0 Å². The van der Waals surface area contributed by atoms with E-state index in [9.17, 15) is 24.3 Å². The molecule has 0 aliphatic heterocycles. The molecule has 0 bridgehead atoms. The predicted molar refractivity (Wildman–Crippen MR) is 198 cm³/mol. The van der Waals surface area contributed by atoms with Crippen molar-refractivity contribution >= 4 is 23.9 Å². The Morgan fingerprint density at radius 3 is 2.33 bits per heavy atom. The first-order valence-electron chi connectivity index (χ1n) is 19.8. The number of fused-ring (bicyclic) bond motifs is 5. The Labute approximate surface area is 310 Å². The van der Waals surface area contributed by atoms with E-state index in [1.807, 2.05) is 30.3 Å². The van der Waals surface area contributed by atoms with Crippen LogP contribution in [0.1, 0.15) is 124 Å². The van der Waals surface area contributed by atoms with E-state index in [0.717, 1.165) is 63.4 Å². The molecular formula is C42H64N2O8. The second kappa shape index (κ2) is 16.5. The molecule has 2 amide bonds. The molecule has 4 fully saturated rings. The van der Waals surface area contributed by atoms with Crippen molar-refractivity contribution in [3.63, 3.8) is 0 Å². The molecule has 52 heavy (non-hydrogen) atoms. The summed E-state index contributed by atoms with van der Waals surface area (Å²) in [6, 6.07) is 8.43. The minimum atomic E-state index is -0.945. The van der Waals surface area contributed by atoms with Gasteiger partial charge in [-0.15, -0.1) is 0 Å². The number of aliphatic hydroxyl groups excluding tert-OH is 1. The average molecular weight is 725 g/mol. The maximum absolute atomic E-state index is 13.8. The van der Waals surface area contributed by atoms with E-state index in [1.54, 1.807) is 20.8 Å². The maximum Gasteiger partial charge on any atom is 0.408 e. The summed E-state index contributed by atoms with van der Waals surface area (Å²) < 4.78 is 15.8. The SMILES string of the molecule is COC(=O)CC[C@@H](C)[C@H]1CC[C@H]2[C@@H]3CC[C@@H]4C[C@@H](NC(=O)[C@H](CCC(=O)OCc5ccccc5)NC(=O)OC(C)(C)C)CC[C@]4(C)[C@H]3C[C@H](O)[C@]12C. The molecule has 11 atom stereocenters. The monoisotopic (exact) mass is 724 g/mol. The van der Waals surface area contributed by atoms with Crippen LogP contribution in [0.5, 0.6) is 0 Å². The third kappa shape index (κ3) is 8.96. The van der Waals surface area contributed by atoms with Crippen LogP contribution in [-0.4, -0.2) is 59.9 Å². The molecule has 10 nitrogen and oxygen atoms in total. The molecule has 4 saturated carbocycles. The largest absolute Gasteiger partial charge is 0.469 e. The quantitative estimate of drug-likeness (QED) is 0.153. The zero-order valence-electron chi connectivity index (χ0n) is 32.6. The topological polar surface area (TPSA) is 140 Å². The van der Waals surface area contributed by atoms with Crippen molar-refractivity contribution < 1.29 is 38.5 Å². The van der Waals surface area contributed by atoms with Crippen LogP contribution >= 0.6 is 0 Å². The van der Waals surface area contributed by atoms with Gasteiger partial charge in [0.15, 0.2) is 0 Å². The molecule has 0 unspecified atom stereocenters. The van der Waals surface area contributed by atoms with Crippen LogP contribution < -0.4 is 10.6 Å². The molecule has 290 valence electrons. The van der Waals surface area contributed by atoms with Gasteiger partial charge in [-0.3, -0.25) is 14.4 Å². The van der Waals surface area contributed by atoms with Crippen LogP contribution in [0.3, 0.4) is 0 Å². The third-order valence-corrected chi connectivity index (χ3v) is 13.8. The number of hydrogen-bond acceptors (Lipinski definition) is 8. The molecule has 0 spiro atoms. The first-order valence-corrected chi connectivity index (χ1v) is 19.8. The van der Waals surface area contributed by atoms with Gasteiger partial charge in [-0.2, -0.15) is 0 Å². The van der Waals surface area contributed by atoms with E-state index in [1.165, 1.54) is 7.11 Å². The van der Waals surface area contributed by atoms with Gasteiger partial charge in [0.1, 0.15) is 18.2 Å². The molecule has 0 aromatic heterocycles. The summed E-state index contributed by atoms with van der Waals surface area (Å²) in [4.78, 5) is 51.1. The lowest BCUT2D eigenvalue weighted by Crippen LogP contribution is -2.60. The highest BCUT2D eigenvalue weighted by Gasteiger charge is 2.63. The Hall–Kier alpha value is -3.14. The van der Waals surface area contributed by atoms with Gasteiger partial charge in [0.25, 0.3) is 0 Å². The zero-order chi connectivity index (χ0) is 37.8. The summed E-state index contributed by atoms with van der Waals surface area (Å²) in [6.45, 7) is 12.5. The molecule has 1 aromatic rings. The Balaban J connectivity index is 1.20. The fourth-order valence-electron chi connectivity index (χ4n) is 11.1. The predicted octanol–water partition coefficient (Wildman–Crippen LogP) is 7.11. The molecule has 4 aliphatic carbocycles. The molecular weight excluding hydrogens is 660 g/mol. The number of benzene rings is 1. The van der Waals surface area contributed by atoms with Crippen molar-refractivity contribution in [2.24, 2.45) is 46.3 Å². The second-order valence-electron chi connectivity index (χ2n) is 17.9. The molecule has 0 heterocycles. The van der Waals surface area contributed by atoms with Gasteiger partial charge in [0.05, 0.1) is 13.2 Å². The Morgan fingerprint density at radius 2 is 1.63 bits per heavy atom. The van der Waals surface area contributed by atoms with E-state index in [0.29, 0.717) is 41.9 Å². The summed E-state index contributed by atoms with van der Waals surface area (Å²) in [5, 5.41) is 17.9. The van der Waals surface area contributed by atoms with Crippen molar-refractivity contribution in [1.82, 2.24) is 10.6 Å². The Kier molecular flexibility index (Phi) is 12.7. The standard InChI is InChI=1S/C42H64N2O8/c1-26(13-19-36(46)50-7)31-16-17-32-30-15-14-28-23-29(21-22-41(28,5)33(30)24-35(45)42(31,32)6)43-38(48)34(44-39(49)52-40(2,3)4)18-20-37(47)51-25-27-11-9-8-10-12-27/h8-12,26,28-35,45H,13-25H2,1-7H3,(H,43,48)(H,44,49)/t26-,28-,29+,30+,31-,32+,33+,34+,35+,41+,42-/m1/s1. The van der Waals surface area contributed by atoms with E-state index < -0.39 is 23.7 Å². The van der Waals surface area contributed by atoms with Gasteiger partial charge >= 0.3 is 18.0 Å². The van der Waals surface area contributed by atoms with Crippen LogP contribution in [0, 0.1) is 46.3 Å². The molecule has 10 heteroatoms. The summed E-state index contributed by atoms with van der Waals surface area (Å²) >= 11 is 0. The number of esters is 2. The number of ether oxygens (including phenoxy) is 3. The Bertz CT molecular complexity index is 1410. The summed E-state index contributed by atoms with van der Waals surface area (Å²) in [5.74, 6) is 1.72. The molecule has 5 rings (SSSR count). The highest BCUT2D eigenvalue weighted by molar-refractivity contribution is 5.86. The van der Waals surface area contributed by atoms with E-state index in [-0.39, 0.29) is 54.3 Å². The lowest BCUT2D eigenvalue weighted by Gasteiger charge is -2.62. The van der Waals surface area contributed by atoms with Crippen LogP contribution in [-0.2, 0) is 35.2 Å². The van der Waals surface area contributed by atoms with Crippen LogP contribution in [0.2, 0.25) is 0 Å². The van der Waals surface area contributed by atoms with E-state index in [2.05, 4.69) is 31.4 Å². The molecule has 1 aromatic carbocycles. The van der Waals surface area contributed by atoms with Gasteiger partial charge in [0.2, 0.25) is 5.91 Å². The number of amides is 2. The fraction of sp³-hybridized carbons (Fsp3) is 0.762. The summed E-state index contributed by atoms with van der Waals surface area (Å²) in [7, 11) is 1.44. The molecule has 4 aliphatic rings. The Morgan fingerprint density at radius 1 is 0.923 bits per heavy atom. The zero-order valence-corrected chi connectivity index (χ0v) is 32.6. The second-order valence-corrected chi connectivity index (χ2v) is 17.9. The van der Waals surface area contributed by atoms with Crippen molar-refractivity contribution in [3.05, 3.63) is 35.9 Å². The number of rotatable bonds is 12. The van der Waals surface area contributed by atoms with Gasteiger partial charge < -0.3 is 30.0 Å². The fourth-order valence-corrected chi connectivity index (χ4v) is 11.1. The van der Waals surface area contributed by atoms with Gasteiger partial charge in [-0.1, -0.05) is 51.1 Å². The number of carbonyl (C=O) groups excluding carboxylic acids is 4. The highest BCUT2D eigenvalue weighted by atomic mass is 16.6. The van der Waals surface area contributed by atoms with E-state index in [4.69, 9.17) is 14.2 Å². The number of alkyl carbamates (subject to hydrolysis) is 1. The number of aliphatic hydroxyl groups is 1. The first-order chi connectivity index (χ1) is 24.5. The van der Waals surface area contributed by atoms with Crippen molar-refractivity contribution in [3.8, 4) is 0 Å². The van der Waals surface area contributed by atoms with Gasteiger partial charge in [0, 0.05) is 18.9 Å². The number of nitrogens with one attached hydrogen (secondary N) is 2. The number of methoxy groups -OCH3 is 1. The van der Waals surface area contributed by atoms with Gasteiger partial charge in [-0.25, -0.2) is 4.79 Å². The van der Waals surface area contributed by atoms with Crippen LogP contribution in [0.25, 0.3) is 0 Å². The summed E-state index contributed by atoms with van der Waals surface area (Å²) in [6.07, 6.45) is 8.13. The first kappa shape index (κ1) is 40.1. The maximum atomic E-state index is 13.8. The number of hydrogen-bond donors (Lipinski definition) is 3. The van der Waals surface area contributed by atoms with Crippen LogP contribution in [0.4, 0.5) is 4.79 Å².